The van der Waals surface area contributed by atoms with E-state index >= 15 is 0 Å². The average Bonchev–Trinajstić information content (AvgIpc) is 3.07. The molecule has 0 spiro atoms. The summed E-state index contributed by atoms with van der Waals surface area (Å²) in [6.45, 7) is 0. The monoisotopic (exact) mass is 321 g/mol. The number of likely N-dealkylation sites (N-methyl/N-ethyl adjacent to an activating group) is 1. The first kappa shape index (κ1) is 15.7. The van der Waals surface area contributed by atoms with Gasteiger partial charge in [0.2, 0.25) is 5.91 Å². The molecule has 1 N–H and O–H groups in total. The number of amides is 1. The van der Waals surface area contributed by atoms with Gasteiger partial charge in [-0.3, -0.25) is 4.79 Å². The fourth-order valence-electron chi connectivity index (χ4n) is 2.40. The predicted octanol–water partition coefficient (Wildman–Crippen LogP) is 2.83. The highest BCUT2D eigenvalue weighted by molar-refractivity contribution is 5.92. The fraction of sp³-hybridized carbons (Fsp3) is 0.167. The molecule has 0 fully saturated rings. The maximum atomic E-state index is 11.7. The Bertz CT molecular complexity index is 897. The van der Waals surface area contributed by atoms with Crippen LogP contribution in [0, 0.1) is 0 Å². The van der Waals surface area contributed by atoms with E-state index in [1.165, 1.54) is 4.90 Å². The number of nitrogens with one attached hydrogen (secondary N) is 1. The zero-order valence-electron chi connectivity index (χ0n) is 13.9. The van der Waals surface area contributed by atoms with Crippen LogP contribution in [-0.2, 0) is 4.79 Å². The first-order valence-electron chi connectivity index (χ1n) is 7.57. The standard InChI is InChI=1S/C18H19N5O/c1-22(2)16(24)8-7-13-5-4-6-14(11-13)23(3)18-15-9-10-19-17(15)20-12-21-18/h4-12H,1-3H3,(H,19,20,21). The van der Waals surface area contributed by atoms with Crippen molar-refractivity contribution in [2.24, 2.45) is 0 Å². The van der Waals surface area contributed by atoms with Crippen LogP contribution in [0.25, 0.3) is 17.1 Å². The molecule has 0 unspecified atom stereocenters. The molecule has 122 valence electrons. The van der Waals surface area contributed by atoms with Crippen molar-refractivity contribution in [1.82, 2.24) is 19.9 Å². The molecule has 6 heteroatoms. The zero-order valence-corrected chi connectivity index (χ0v) is 13.9. The Kier molecular flexibility index (Phi) is 4.29. The molecule has 0 aliphatic rings. The average molecular weight is 321 g/mol. The van der Waals surface area contributed by atoms with Gasteiger partial charge < -0.3 is 14.8 Å². The van der Waals surface area contributed by atoms with Gasteiger partial charge in [0, 0.05) is 39.1 Å². The molecular formula is C18H19N5O. The summed E-state index contributed by atoms with van der Waals surface area (Å²) in [6, 6.07) is 9.90. The highest BCUT2D eigenvalue weighted by Gasteiger charge is 2.11. The number of nitrogens with zero attached hydrogens (tertiary/aromatic N) is 4. The molecule has 0 aliphatic heterocycles. The van der Waals surface area contributed by atoms with E-state index < -0.39 is 0 Å². The van der Waals surface area contributed by atoms with Gasteiger partial charge in [-0.1, -0.05) is 12.1 Å². The molecule has 0 aliphatic carbocycles. The van der Waals surface area contributed by atoms with Crippen molar-refractivity contribution in [3.8, 4) is 0 Å². The molecular weight excluding hydrogens is 302 g/mol. The quantitative estimate of drug-likeness (QED) is 0.751. The number of benzene rings is 1. The molecule has 3 aromatic rings. The minimum atomic E-state index is -0.0430. The van der Waals surface area contributed by atoms with E-state index in [4.69, 9.17) is 0 Å². The molecule has 2 heterocycles. The van der Waals surface area contributed by atoms with Gasteiger partial charge in [-0.2, -0.15) is 0 Å². The third kappa shape index (κ3) is 3.12. The summed E-state index contributed by atoms with van der Waals surface area (Å²) in [5.74, 6) is 0.783. The number of aromatic nitrogens is 3. The highest BCUT2D eigenvalue weighted by atomic mass is 16.2. The van der Waals surface area contributed by atoms with E-state index in [0.717, 1.165) is 28.1 Å². The molecule has 24 heavy (non-hydrogen) atoms. The summed E-state index contributed by atoms with van der Waals surface area (Å²) in [7, 11) is 5.42. The van der Waals surface area contributed by atoms with Crippen molar-refractivity contribution in [3.63, 3.8) is 0 Å². The molecule has 0 saturated heterocycles. The second kappa shape index (κ2) is 6.54. The van der Waals surface area contributed by atoms with E-state index in [-0.39, 0.29) is 5.91 Å². The molecule has 2 aromatic heterocycles. The van der Waals surface area contributed by atoms with Crippen LogP contribution < -0.4 is 4.90 Å². The normalized spacial score (nSPS) is 11.1. The highest BCUT2D eigenvalue weighted by Crippen LogP contribution is 2.28. The van der Waals surface area contributed by atoms with Crippen LogP contribution in [-0.4, -0.2) is 46.9 Å². The van der Waals surface area contributed by atoms with E-state index in [1.54, 1.807) is 26.5 Å². The summed E-state index contributed by atoms with van der Waals surface area (Å²) in [5, 5.41) is 0.962. The minimum absolute atomic E-state index is 0.0430. The Hall–Kier alpha value is -3.15. The molecule has 6 nitrogen and oxygen atoms in total. The molecule has 0 saturated carbocycles. The van der Waals surface area contributed by atoms with Crippen LogP contribution in [0.5, 0.6) is 0 Å². The smallest absolute Gasteiger partial charge is 0.246 e. The second-order valence-corrected chi connectivity index (χ2v) is 5.66. The van der Waals surface area contributed by atoms with Gasteiger partial charge in [-0.05, 0) is 29.8 Å². The molecule has 3 rings (SSSR count). The summed E-state index contributed by atoms with van der Waals surface area (Å²) < 4.78 is 0. The summed E-state index contributed by atoms with van der Waals surface area (Å²) in [5.41, 5.74) is 2.74. The number of carbonyl (C=O) groups excluding carboxylic acids is 1. The van der Waals surface area contributed by atoms with Gasteiger partial charge >= 0.3 is 0 Å². The van der Waals surface area contributed by atoms with E-state index in [2.05, 4.69) is 15.0 Å². The molecule has 0 atom stereocenters. The van der Waals surface area contributed by atoms with E-state index in [9.17, 15) is 4.79 Å². The Morgan fingerprint density at radius 2 is 2.00 bits per heavy atom. The molecule has 1 amide bonds. The Labute approximate surface area is 140 Å². The van der Waals surface area contributed by atoms with Crippen LogP contribution in [0.3, 0.4) is 0 Å². The lowest BCUT2D eigenvalue weighted by Crippen LogP contribution is -2.18. The van der Waals surface area contributed by atoms with Crippen LogP contribution in [0.4, 0.5) is 11.5 Å². The maximum absolute atomic E-state index is 11.7. The van der Waals surface area contributed by atoms with E-state index in [1.807, 2.05) is 54.6 Å². The first-order chi connectivity index (χ1) is 11.6. The first-order valence-corrected chi connectivity index (χ1v) is 7.57. The van der Waals surface area contributed by atoms with Gasteiger partial charge in [-0.25, -0.2) is 9.97 Å². The number of aromatic amines is 1. The van der Waals surface area contributed by atoms with Crippen molar-refractivity contribution in [1.29, 1.82) is 0 Å². The van der Waals surface area contributed by atoms with Crippen LogP contribution in [0.1, 0.15) is 5.56 Å². The van der Waals surface area contributed by atoms with Gasteiger partial charge in [0.25, 0.3) is 0 Å². The van der Waals surface area contributed by atoms with Crippen molar-refractivity contribution in [3.05, 3.63) is 54.5 Å². The van der Waals surface area contributed by atoms with E-state index in [0.29, 0.717) is 0 Å². The maximum Gasteiger partial charge on any atom is 0.246 e. The second-order valence-electron chi connectivity index (χ2n) is 5.66. The number of hydrogen-bond acceptors (Lipinski definition) is 4. The SMILES string of the molecule is CN(C)C(=O)C=Cc1cccc(N(C)c2ncnc3[nH]ccc23)c1. The van der Waals surface area contributed by atoms with Gasteiger partial charge in [0.15, 0.2) is 0 Å². The van der Waals surface area contributed by atoms with Crippen molar-refractivity contribution < 1.29 is 4.79 Å². The number of hydrogen-bond donors (Lipinski definition) is 1. The van der Waals surface area contributed by atoms with Crippen LogP contribution in [0.2, 0.25) is 0 Å². The number of H-pyrrole nitrogens is 1. The number of anilines is 2. The third-order valence-corrected chi connectivity index (χ3v) is 3.77. The zero-order chi connectivity index (χ0) is 17.1. The van der Waals surface area contributed by atoms with Gasteiger partial charge in [0.05, 0.1) is 5.39 Å². The lowest BCUT2D eigenvalue weighted by molar-refractivity contribution is -0.123. The van der Waals surface area contributed by atoms with Crippen LogP contribution in [0.15, 0.2) is 48.9 Å². The van der Waals surface area contributed by atoms with Crippen molar-refractivity contribution >= 4 is 34.5 Å². The molecule has 0 radical (unpaired) electrons. The fourth-order valence-corrected chi connectivity index (χ4v) is 2.40. The lowest BCUT2D eigenvalue weighted by atomic mass is 10.1. The largest absolute Gasteiger partial charge is 0.346 e. The van der Waals surface area contributed by atoms with Gasteiger partial charge in [-0.15, -0.1) is 0 Å². The number of fused-ring (bicyclic) bond motifs is 1. The summed E-state index contributed by atoms with van der Waals surface area (Å²) in [6.07, 6.45) is 6.77. The van der Waals surface area contributed by atoms with Crippen LogP contribution >= 0.6 is 0 Å². The lowest BCUT2D eigenvalue weighted by Gasteiger charge is -2.19. The number of rotatable bonds is 4. The Morgan fingerprint density at radius 3 is 2.79 bits per heavy atom. The third-order valence-electron chi connectivity index (χ3n) is 3.77. The molecule has 1 aromatic carbocycles. The summed E-state index contributed by atoms with van der Waals surface area (Å²) >= 11 is 0. The number of carbonyl (C=O) groups is 1. The van der Waals surface area contributed by atoms with Crippen molar-refractivity contribution in [2.45, 2.75) is 0 Å². The Balaban J connectivity index is 1.91. The van der Waals surface area contributed by atoms with Crippen molar-refractivity contribution in [2.75, 3.05) is 26.0 Å². The van der Waals surface area contributed by atoms with Gasteiger partial charge in [0.1, 0.15) is 17.8 Å². The minimum Gasteiger partial charge on any atom is -0.346 e. The Morgan fingerprint density at radius 1 is 1.17 bits per heavy atom. The predicted molar refractivity (Wildman–Crippen MR) is 96.1 cm³/mol. The molecule has 0 bridgehead atoms. The summed E-state index contributed by atoms with van der Waals surface area (Å²) in [4.78, 5) is 26.9. The topological polar surface area (TPSA) is 65.1 Å².